The monoisotopic (exact) mass is 289 g/mol. The molecule has 1 unspecified atom stereocenters. The van der Waals surface area contributed by atoms with Gasteiger partial charge in [-0.25, -0.2) is 4.39 Å². The van der Waals surface area contributed by atoms with Crippen LogP contribution in [-0.2, 0) is 0 Å². The maximum absolute atomic E-state index is 12.8. The van der Waals surface area contributed by atoms with E-state index in [2.05, 4.69) is 5.32 Å². The van der Waals surface area contributed by atoms with Gasteiger partial charge in [-0.3, -0.25) is 0 Å². The van der Waals surface area contributed by atoms with Crippen LogP contribution in [0.25, 0.3) is 0 Å². The van der Waals surface area contributed by atoms with E-state index in [0.717, 1.165) is 11.3 Å². The number of benzene rings is 2. The highest BCUT2D eigenvalue weighted by Gasteiger charge is 2.10. The van der Waals surface area contributed by atoms with Crippen LogP contribution < -0.4 is 10.1 Å². The average Bonchev–Trinajstić information content (AvgIpc) is 2.53. The molecule has 2 N–H and O–H groups in total. The first-order chi connectivity index (χ1) is 10.1. The second kappa shape index (κ2) is 7.20. The lowest BCUT2D eigenvalue weighted by Crippen LogP contribution is -2.24. The molecule has 0 radical (unpaired) electrons. The summed E-state index contributed by atoms with van der Waals surface area (Å²) in [6, 6.07) is 13.8. The van der Waals surface area contributed by atoms with Gasteiger partial charge in [0.1, 0.15) is 11.6 Å². The van der Waals surface area contributed by atoms with Crippen LogP contribution >= 0.6 is 0 Å². The van der Waals surface area contributed by atoms with Crippen LogP contribution in [0.5, 0.6) is 5.75 Å². The highest BCUT2D eigenvalue weighted by atomic mass is 19.1. The largest absolute Gasteiger partial charge is 0.497 e. The van der Waals surface area contributed by atoms with Gasteiger partial charge >= 0.3 is 0 Å². The Kier molecular flexibility index (Phi) is 5.31. The van der Waals surface area contributed by atoms with E-state index in [1.54, 1.807) is 19.2 Å². The van der Waals surface area contributed by atoms with Crippen molar-refractivity contribution in [2.45, 2.75) is 19.1 Å². The molecule has 3 nitrogen and oxygen atoms in total. The fraction of sp³-hybridized carbons (Fsp3) is 0.294. The first kappa shape index (κ1) is 15.5. The third-order valence-corrected chi connectivity index (χ3v) is 3.49. The molecule has 0 fully saturated rings. The van der Waals surface area contributed by atoms with Crippen molar-refractivity contribution < 1.29 is 14.2 Å². The SMILES string of the molecule is COc1ccc([C@H](C)NCC(O)c2ccc(F)cc2)cc1. The van der Waals surface area contributed by atoms with Gasteiger partial charge in [0.15, 0.2) is 0 Å². The lowest BCUT2D eigenvalue weighted by Gasteiger charge is -2.18. The van der Waals surface area contributed by atoms with Crippen molar-refractivity contribution in [3.05, 3.63) is 65.5 Å². The van der Waals surface area contributed by atoms with Crippen molar-refractivity contribution in [2.24, 2.45) is 0 Å². The Morgan fingerprint density at radius 1 is 1.05 bits per heavy atom. The van der Waals surface area contributed by atoms with Gasteiger partial charge < -0.3 is 15.2 Å². The average molecular weight is 289 g/mol. The van der Waals surface area contributed by atoms with E-state index in [1.807, 2.05) is 31.2 Å². The highest BCUT2D eigenvalue weighted by Crippen LogP contribution is 2.18. The Morgan fingerprint density at radius 3 is 2.19 bits per heavy atom. The Morgan fingerprint density at radius 2 is 1.62 bits per heavy atom. The summed E-state index contributed by atoms with van der Waals surface area (Å²) in [6.07, 6.45) is -0.661. The minimum Gasteiger partial charge on any atom is -0.497 e. The van der Waals surface area contributed by atoms with Gasteiger partial charge in [0.25, 0.3) is 0 Å². The van der Waals surface area contributed by atoms with Crippen molar-refractivity contribution >= 4 is 0 Å². The summed E-state index contributed by atoms with van der Waals surface area (Å²) in [4.78, 5) is 0. The normalized spacial score (nSPS) is 13.7. The number of halogens is 1. The third-order valence-electron chi connectivity index (χ3n) is 3.49. The second-order valence-corrected chi connectivity index (χ2v) is 4.97. The predicted octanol–water partition coefficient (Wildman–Crippen LogP) is 3.22. The van der Waals surface area contributed by atoms with Crippen molar-refractivity contribution in [3.63, 3.8) is 0 Å². The molecule has 0 heterocycles. The highest BCUT2D eigenvalue weighted by molar-refractivity contribution is 5.29. The van der Waals surface area contributed by atoms with Gasteiger partial charge in [0.2, 0.25) is 0 Å². The minimum atomic E-state index is -0.661. The fourth-order valence-corrected chi connectivity index (χ4v) is 2.10. The summed E-state index contributed by atoms with van der Waals surface area (Å²) in [6.45, 7) is 2.43. The first-order valence-electron chi connectivity index (χ1n) is 6.91. The quantitative estimate of drug-likeness (QED) is 0.858. The van der Waals surface area contributed by atoms with Gasteiger partial charge in [-0.05, 0) is 42.3 Å². The molecular weight excluding hydrogens is 269 g/mol. The Balaban J connectivity index is 1.90. The summed E-state index contributed by atoms with van der Waals surface area (Å²) in [5.41, 5.74) is 1.81. The van der Waals surface area contributed by atoms with Crippen molar-refractivity contribution in [1.29, 1.82) is 0 Å². The maximum Gasteiger partial charge on any atom is 0.123 e. The maximum atomic E-state index is 12.8. The standard InChI is InChI=1S/C17H20FNO2/c1-12(13-5-9-16(21-2)10-6-13)19-11-17(20)14-3-7-15(18)8-4-14/h3-10,12,17,19-20H,11H2,1-2H3/t12-,17?/m0/s1. The molecule has 0 aromatic heterocycles. The molecule has 0 aliphatic rings. The van der Waals surface area contributed by atoms with Crippen LogP contribution in [-0.4, -0.2) is 18.8 Å². The van der Waals surface area contributed by atoms with E-state index >= 15 is 0 Å². The topological polar surface area (TPSA) is 41.5 Å². The van der Waals surface area contributed by atoms with Crippen LogP contribution in [0.15, 0.2) is 48.5 Å². The number of nitrogens with one attached hydrogen (secondary N) is 1. The number of aliphatic hydroxyl groups excluding tert-OH is 1. The number of hydrogen-bond donors (Lipinski definition) is 2. The zero-order valence-electron chi connectivity index (χ0n) is 12.2. The molecule has 0 saturated carbocycles. The summed E-state index contributed by atoms with van der Waals surface area (Å²) in [5.74, 6) is 0.516. The molecule has 4 heteroatoms. The van der Waals surface area contributed by atoms with E-state index in [9.17, 15) is 9.50 Å². The Hall–Kier alpha value is -1.91. The molecule has 0 spiro atoms. The van der Waals surface area contributed by atoms with Crippen molar-refractivity contribution in [2.75, 3.05) is 13.7 Å². The molecule has 2 rings (SSSR count). The molecule has 2 atom stereocenters. The lowest BCUT2D eigenvalue weighted by molar-refractivity contribution is 0.170. The lowest BCUT2D eigenvalue weighted by atomic mass is 10.1. The van der Waals surface area contributed by atoms with Crippen molar-refractivity contribution in [1.82, 2.24) is 5.32 Å². The number of rotatable bonds is 6. The number of ether oxygens (including phenoxy) is 1. The van der Waals surface area contributed by atoms with Crippen LogP contribution in [0.4, 0.5) is 4.39 Å². The number of aliphatic hydroxyl groups is 1. The van der Waals surface area contributed by atoms with Crippen molar-refractivity contribution in [3.8, 4) is 5.75 Å². The molecule has 112 valence electrons. The smallest absolute Gasteiger partial charge is 0.123 e. The number of hydrogen-bond acceptors (Lipinski definition) is 3. The molecule has 2 aromatic rings. The molecule has 0 amide bonds. The van der Waals surface area contributed by atoms with E-state index < -0.39 is 6.10 Å². The third kappa shape index (κ3) is 4.28. The van der Waals surface area contributed by atoms with E-state index in [4.69, 9.17) is 4.74 Å². The van der Waals surface area contributed by atoms with Crippen LogP contribution in [0, 0.1) is 5.82 Å². The zero-order chi connectivity index (χ0) is 15.2. The summed E-state index contributed by atoms with van der Waals surface area (Å²) >= 11 is 0. The molecule has 0 saturated heterocycles. The molecule has 0 bridgehead atoms. The van der Waals surface area contributed by atoms with E-state index in [0.29, 0.717) is 12.1 Å². The molecular formula is C17H20FNO2. The van der Waals surface area contributed by atoms with Crippen LogP contribution in [0.1, 0.15) is 30.2 Å². The Labute approximate surface area is 124 Å². The Bertz CT molecular complexity index is 554. The number of methoxy groups -OCH3 is 1. The van der Waals surface area contributed by atoms with Gasteiger partial charge in [-0.2, -0.15) is 0 Å². The van der Waals surface area contributed by atoms with Crippen LogP contribution in [0.3, 0.4) is 0 Å². The minimum absolute atomic E-state index is 0.103. The van der Waals surface area contributed by atoms with E-state index in [-0.39, 0.29) is 11.9 Å². The molecule has 0 aliphatic carbocycles. The summed E-state index contributed by atoms with van der Waals surface area (Å²) in [5, 5.41) is 13.3. The molecule has 2 aromatic carbocycles. The van der Waals surface area contributed by atoms with Gasteiger partial charge in [-0.1, -0.05) is 24.3 Å². The fourth-order valence-electron chi connectivity index (χ4n) is 2.10. The predicted molar refractivity (Wildman–Crippen MR) is 80.8 cm³/mol. The summed E-state index contributed by atoms with van der Waals surface area (Å²) in [7, 11) is 1.63. The first-order valence-corrected chi connectivity index (χ1v) is 6.91. The second-order valence-electron chi connectivity index (χ2n) is 4.97. The molecule has 0 aliphatic heterocycles. The van der Waals surface area contributed by atoms with Crippen LogP contribution in [0.2, 0.25) is 0 Å². The molecule has 21 heavy (non-hydrogen) atoms. The van der Waals surface area contributed by atoms with Gasteiger partial charge in [0.05, 0.1) is 13.2 Å². The van der Waals surface area contributed by atoms with E-state index in [1.165, 1.54) is 12.1 Å². The van der Waals surface area contributed by atoms with Gasteiger partial charge in [-0.15, -0.1) is 0 Å². The zero-order valence-corrected chi connectivity index (χ0v) is 12.2. The summed E-state index contributed by atoms with van der Waals surface area (Å²) < 4.78 is 18.0. The van der Waals surface area contributed by atoms with Gasteiger partial charge in [0, 0.05) is 12.6 Å².